The van der Waals surface area contributed by atoms with Gasteiger partial charge < -0.3 is 14.6 Å². The van der Waals surface area contributed by atoms with E-state index in [0.717, 1.165) is 25.4 Å². The molecule has 0 radical (unpaired) electrons. The Kier molecular flexibility index (Phi) is 5.45. The molecule has 0 spiro atoms. The zero-order chi connectivity index (χ0) is 19.3. The number of hydrogen-bond acceptors (Lipinski definition) is 2. The predicted octanol–water partition coefficient (Wildman–Crippen LogP) is 5.30. The summed E-state index contributed by atoms with van der Waals surface area (Å²) < 4.78 is 7.81. The molecule has 4 rings (SSSR count). The van der Waals surface area contributed by atoms with Crippen LogP contribution in [0, 0.1) is 6.92 Å². The normalized spacial score (nSPS) is 11.1. The van der Waals surface area contributed by atoms with Crippen LogP contribution >= 0.6 is 0 Å². The van der Waals surface area contributed by atoms with E-state index in [4.69, 9.17) is 4.74 Å². The van der Waals surface area contributed by atoms with E-state index >= 15 is 0 Å². The Morgan fingerprint density at radius 2 is 1.46 bits per heavy atom. The van der Waals surface area contributed by atoms with Crippen molar-refractivity contribution in [2.24, 2.45) is 0 Å². The maximum absolute atomic E-state index is 5.46. The molecule has 0 aliphatic heterocycles. The number of aryl methyl sites for hydroxylation is 1. The van der Waals surface area contributed by atoms with E-state index in [-0.39, 0.29) is 0 Å². The fourth-order valence-electron chi connectivity index (χ4n) is 3.75. The van der Waals surface area contributed by atoms with E-state index < -0.39 is 0 Å². The Bertz CT molecular complexity index is 1080. The Hall–Kier alpha value is -3.04. The van der Waals surface area contributed by atoms with Crippen LogP contribution in [0.4, 0.5) is 0 Å². The van der Waals surface area contributed by atoms with Crippen LogP contribution in [0.5, 0.6) is 5.75 Å². The number of rotatable bonds is 7. The molecule has 3 heteroatoms. The number of benzene rings is 3. The first-order valence-corrected chi connectivity index (χ1v) is 9.70. The molecule has 142 valence electrons. The summed E-state index contributed by atoms with van der Waals surface area (Å²) in [7, 11) is 1.72. The van der Waals surface area contributed by atoms with Crippen LogP contribution in [0.2, 0.25) is 0 Å². The van der Waals surface area contributed by atoms with Crippen LogP contribution in [0.1, 0.15) is 22.3 Å². The van der Waals surface area contributed by atoms with Gasteiger partial charge in [0.25, 0.3) is 0 Å². The fraction of sp³-hybridized carbons (Fsp3) is 0.200. The molecule has 1 heterocycles. The molecule has 0 saturated heterocycles. The molecular formula is C25H26N2O. The summed E-state index contributed by atoms with van der Waals surface area (Å²) in [6.45, 7) is 4.66. The molecule has 0 aliphatic carbocycles. The van der Waals surface area contributed by atoms with Crippen molar-refractivity contribution < 1.29 is 4.74 Å². The third-order valence-electron chi connectivity index (χ3n) is 5.30. The topological polar surface area (TPSA) is 26.2 Å². The van der Waals surface area contributed by atoms with Gasteiger partial charge in [0.2, 0.25) is 0 Å². The molecule has 0 unspecified atom stereocenters. The minimum atomic E-state index is 0.779. The molecule has 0 atom stereocenters. The van der Waals surface area contributed by atoms with Crippen molar-refractivity contribution in [3.63, 3.8) is 0 Å². The van der Waals surface area contributed by atoms with E-state index in [1.54, 1.807) is 7.11 Å². The summed E-state index contributed by atoms with van der Waals surface area (Å²) in [5.41, 5.74) is 6.46. The van der Waals surface area contributed by atoms with Crippen molar-refractivity contribution in [3.05, 3.63) is 101 Å². The average Bonchev–Trinajstić information content (AvgIpc) is 3.08. The van der Waals surface area contributed by atoms with E-state index in [0.29, 0.717) is 0 Å². The molecule has 1 N–H and O–H groups in total. The molecule has 3 nitrogen and oxygen atoms in total. The molecule has 0 fully saturated rings. The van der Waals surface area contributed by atoms with Crippen LogP contribution in [0.15, 0.2) is 79.0 Å². The number of aromatic nitrogens is 1. The molecule has 0 aliphatic rings. The number of nitrogens with zero attached hydrogens (tertiary/aromatic N) is 1. The largest absolute Gasteiger partial charge is 0.496 e. The van der Waals surface area contributed by atoms with Gasteiger partial charge >= 0.3 is 0 Å². The third kappa shape index (κ3) is 3.80. The van der Waals surface area contributed by atoms with Crippen LogP contribution in [0.3, 0.4) is 0 Å². The fourth-order valence-corrected chi connectivity index (χ4v) is 3.75. The lowest BCUT2D eigenvalue weighted by Crippen LogP contribution is -2.13. The van der Waals surface area contributed by atoms with Gasteiger partial charge in [-0.3, -0.25) is 0 Å². The Morgan fingerprint density at radius 3 is 2.29 bits per heavy atom. The van der Waals surface area contributed by atoms with E-state index in [1.165, 1.54) is 33.2 Å². The van der Waals surface area contributed by atoms with Crippen LogP contribution in [0.25, 0.3) is 10.9 Å². The maximum Gasteiger partial charge on any atom is 0.123 e. The second kappa shape index (κ2) is 8.32. The van der Waals surface area contributed by atoms with Crippen LogP contribution in [-0.2, 0) is 19.6 Å². The maximum atomic E-state index is 5.46. The second-order valence-corrected chi connectivity index (χ2v) is 7.14. The van der Waals surface area contributed by atoms with Gasteiger partial charge in [0.1, 0.15) is 5.75 Å². The van der Waals surface area contributed by atoms with Crippen molar-refractivity contribution >= 4 is 10.9 Å². The van der Waals surface area contributed by atoms with E-state index in [9.17, 15) is 0 Å². The Labute approximate surface area is 166 Å². The zero-order valence-corrected chi connectivity index (χ0v) is 16.5. The summed E-state index contributed by atoms with van der Waals surface area (Å²) in [5.74, 6) is 0.928. The van der Waals surface area contributed by atoms with Gasteiger partial charge in [-0.25, -0.2) is 0 Å². The van der Waals surface area contributed by atoms with Gasteiger partial charge in [-0.15, -0.1) is 0 Å². The highest BCUT2D eigenvalue weighted by atomic mass is 16.5. The second-order valence-electron chi connectivity index (χ2n) is 7.14. The molecule has 0 bridgehead atoms. The van der Waals surface area contributed by atoms with Gasteiger partial charge in [0, 0.05) is 42.3 Å². The van der Waals surface area contributed by atoms with Crippen molar-refractivity contribution in [2.45, 2.75) is 26.6 Å². The average molecular weight is 370 g/mol. The van der Waals surface area contributed by atoms with E-state index in [2.05, 4.69) is 77.6 Å². The monoisotopic (exact) mass is 370 g/mol. The molecule has 0 amide bonds. The number of ether oxygens (including phenoxy) is 1. The van der Waals surface area contributed by atoms with Crippen molar-refractivity contribution in [3.8, 4) is 5.75 Å². The highest BCUT2D eigenvalue weighted by molar-refractivity contribution is 5.84. The number of methoxy groups -OCH3 is 1. The highest BCUT2D eigenvalue weighted by Crippen LogP contribution is 2.24. The number of para-hydroxylation sites is 2. The van der Waals surface area contributed by atoms with Crippen molar-refractivity contribution in [2.75, 3.05) is 7.11 Å². The lowest BCUT2D eigenvalue weighted by atomic mass is 10.1. The van der Waals surface area contributed by atoms with E-state index in [1.807, 2.05) is 18.2 Å². The summed E-state index contributed by atoms with van der Waals surface area (Å²) in [6, 6.07) is 25.4. The number of hydrogen-bond donors (Lipinski definition) is 1. The Morgan fingerprint density at radius 1 is 0.786 bits per heavy atom. The molecule has 0 saturated carbocycles. The SMILES string of the molecule is COc1ccccc1CNCc1cn(Cc2ccccc2C)c2ccccc12. The molecule has 3 aromatic carbocycles. The third-order valence-corrected chi connectivity index (χ3v) is 5.30. The van der Waals surface area contributed by atoms with Crippen molar-refractivity contribution in [1.29, 1.82) is 0 Å². The minimum absolute atomic E-state index is 0.779. The van der Waals surface area contributed by atoms with Gasteiger partial charge in [0.15, 0.2) is 0 Å². The lowest BCUT2D eigenvalue weighted by molar-refractivity contribution is 0.407. The first kappa shape index (κ1) is 18.3. The number of fused-ring (bicyclic) bond motifs is 1. The number of nitrogens with one attached hydrogen (secondary N) is 1. The molecule has 4 aromatic rings. The first-order chi connectivity index (χ1) is 13.8. The van der Waals surface area contributed by atoms with Gasteiger partial charge in [-0.2, -0.15) is 0 Å². The summed E-state index contributed by atoms with van der Waals surface area (Å²) in [5, 5.41) is 4.89. The van der Waals surface area contributed by atoms with Crippen LogP contribution in [-0.4, -0.2) is 11.7 Å². The minimum Gasteiger partial charge on any atom is -0.496 e. The molecule has 28 heavy (non-hydrogen) atoms. The van der Waals surface area contributed by atoms with Crippen molar-refractivity contribution in [1.82, 2.24) is 9.88 Å². The van der Waals surface area contributed by atoms with Gasteiger partial charge in [0.05, 0.1) is 7.11 Å². The summed E-state index contributed by atoms with van der Waals surface area (Å²) >= 11 is 0. The highest BCUT2D eigenvalue weighted by Gasteiger charge is 2.10. The Balaban J connectivity index is 1.55. The summed E-state index contributed by atoms with van der Waals surface area (Å²) in [6.07, 6.45) is 2.28. The molecular weight excluding hydrogens is 344 g/mol. The standard InChI is InChI=1S/C25H26N2O/c1-19-9-3-4-11-21(19)17-27-18-22(23-12-6-7-13-24(23)27)16-26-15-20-10-5-8-14-25(20)28-2/h3-14,18,26H,15-17H2,1-2H3. The lowest BCUT2D eigenvalue weighted by Gasteiger charge is -2.09. The quantitative estimate of drug-likeness (QED) is 0.478. The van der Waals surface area contributed by atoms with Crippen LogP contribution < -0.4 is 10.1 Å². The smallest absolute Gasteiger partial charge is 0.123 e. The van der Waals surface area contributed by atoms with Gasteiger partial charge in [-0.1, -0.05) is 60.7 Å². The van der Waals surface area contributed by atoms with Gasteiger partial charge in [-0.05, 0) is 35.7 Å². The first-order valence-electron chi connectivity index (χ1n) is 9.70. The zero-order valence-electron chi connectivity index (χ0n) is 16.5. The molecule has 1 aromatic heterocycles. The predicted molar refractivity (Wildman–Crippen MR) is 116 cm³/mol. The summed E-state index contributed by atoms with van der Waals surface area (Å²) in [4.78, 5) is 0.